The molecule has 8 heteroatoms. The normalized spacial score (nSPS) is 11.4. The van der Waals surface area contributed by atoms with Gasteiger partial charge in [-0.25, -0.2) is 8.42 Å². The quantitative estimate of drug-likeness (QED) is 0.566. The number of esters is 1. The van der Waals surface area contributed by atoms with E-state index >= 15 is 0 Å². The molecule has 0 atom stereocenters. The molecule has 5 nitrogen and oxygen atoms in total. The largest absolute Gasteiger partial charge is 0.468 e. The molecular formula is C19H15Cl2NO4S. The number of sulfonamides is 1. The van der Waals surface area contributed by atoms with Gasteiger partial charge < -0.3 is 4.74 Å². The van der Waals surface area contributed by atoms with E-state index in [9.17, 15) is 13.2 Å². The van der Waals surface area contributed by atoms with Gasteiger partial charge in [0.05, 0.1) is 27.7 Å². The molecule has 0 bridgehead atoms. The first-order chi connectivity index (χ1) is 12.8. The van der Waals surface area contributed by atoms with E-state index in [1.807, 2.05) is 24.3 Å². The molecule has 3 aromatic carbocycles. The van der Waals surface area contributed by atoms with Crippen LogP contribution in [0.4, 0.5) is 5.69 Å². The van der Waals surface area contributed by atoms with Gasteiger partial charge in [-0.1, -0.05) is 59.6 Å². The van der Waals surface area contributed by atoms with Crippen molar-refractivity contribution in [3.8, 4) is 0 Å². The summed E-state index contributed by atoms with van der Waals surface area (Å²) < 4.78 is 32.2. The molecule has 0 amide bonds. The second-order valence-corrected chi connectivity index (χ2v) is 8.32. The zero-order chi connectivity index (χ0) is 19.6. The van der Waals surface area contributed by atoms with E-state index in [0.717, 1.165) is 15.1 Å². The van der Waals surface area contributed by atoms with Gasteiger partial charge in [0.2, 0.25) is 0 Å². The Morgan fingerprint density at radius 1 is 1.00 bits per heavy atom. The van der Waals surface area contributed by atoms with Gasteiger partial charge in [-0.05, 0) is 35.0 Å². The summed E-state index contributed by atoms with van der Waals surface area (Å²) in [7, 11) is -2.92. The van der Waals surface area contributed by atoms with Crippen LogP contribution >= 0.6 is 23.2 Å². The number of anilines is 1. The molecule has 0 aliphatic carbocycles. The highest BCUT2D eigenvalue weighted by Crippen LogP contribution is 2.35. The highest BCUT2D eigenvalue weighted by molar-refractivity contribution is 7.92. The molecule has 0 saturated carbocycles. The molecule has 27 heavy (non-hydrogen) atoms. The number of rotatable bonds is 5. The monoisotopic (exact) mass is 423 g/mol. The summed E-state index contributed by atoms with van der Waals surface area (Å²) in [6, 6.07) is 16.7. The molecule has 0 N–H and O–H groups in total. The molecule has 0 fully saturated rings. The molecule has 0 aromatic heterocycles. The lowest BCUT2D eigenvalue weighted by Gasteiger charge is -2.24. The summed E-state index contributed by atoms with van der Waals surface area (Å²) in [6.45, 7) is -0.536. The summed E-state index contributed by atoms with van der Waals surface area (Å²) in [5.74, 6) is -0.726. The SMILES string of the molecule is COC(=O)CN(c1cccc(Cl)c1Cl)S(=O)(=O)c1ccc2ccccc2c1. The fourth-order valence-electron chi connectivity index (χ4n) is 2.62. The number of hydrogen-bond donors (Lipinski definition) is 0. The molecule has 0 aliphatic heterocycles. The third-order valence-corrected chi connectivity index (χ3v) is 6.57. The number of benzene rings is 3. The highest BCUT2D eigenvalue weighted by atomic mass is 35.5. The standard InChI is InChI=1S/C19H15Cl2NO4S/c1-26-18(23)12-22(17-8-4-7-16(20)19(17)21)27(24,25)15-10-9-13-5-2-3-6-14(13)11-15/h2-11H,12H2,1H3. The molecule has 140 valence electrons. The lowest BCUT2D eigenvalue weighted by molar-refractivity contribution is -0.138. The zero-order valence-electron chi connectivity index (χ0n) is 14.2. The van der Waals surface area contributed by atoms with Crippen molar-refractivity contribution in [2.45, 2.75) is 4.90 Å². The number of hydrogen-bond acceptors (Lipinski definition) is 4. The van der Waals surface area contributed by atoms with Crippen molar-refractivity contribution < 1.29 is 17.9 Å². The summed E-state index contributed by atoms with van der Waals surface area (Å²) in [5, 5.41) is 1.87. The first-order valence-corrected chi connectivity index (χ1v) is 10.1. The van der Waals surface area contributed by atoms with Crippen LogP contribution in [0, 0.1) is 0 Å². The number of carbonyl (C=O) groups excluding carboxylic acids is 1. The van der Waals surface area contributed by atoms with Gasteiger partial charge in [-0.15, -0.1) is 0 Å². The van der Waals surface area contributed by atoms with Crippen molar-refractivity contribution >= 4 is 55.7 Å². The van der Waals surface area contributed by atoms with Gasteiger partial charge in [0.15, 0.2) is 0 Å². The average molecular weight is 424 g/mol. The Bertz CT molecular complexity index is 1120. The Labute approximate surface area is 167 Å². The first-order valence-electron chi connectivity index (χ1n) is 7.87. The lowest BCUT2D eigenvalue weighted by atomic mass is 10.1. The van der Waals surface area contributed by atoms with Crippen LogP contribution in [-0.4, -0.2) is 28.0 Å². The van der Waals surface area contributed by atoms with Crippen molar-refractivity contribution in [2.24, 2.45) is 0 Å². The third kappa shape index (κ3) is 3.88. The predicted octanol–water partition coefficient (Wildman–Crippen LogP) is 4.51. The van der Waals surface area contributed by atoms with Crippen LogP contribution in [0.5, 0.6) is 0 Å². The van der Waals surface area contributed by atoms with E-state index in [1.165, 1.54) is 25.3 Å². The number of nitrogens with zero attached hydrogens (tertiary/aromatic N) is 1. The third-order valence-electron chi connectivity index (χ3n) is 4.01. The van der Waals surface area contributed by atoms with E-state index in [1.54, 1.807) is 18.2 Å². The first kappa shape index (κ1) is 19.5. The van der Waals surface area contributed by atoms with Crippen LogP contribution in [0.2, 0.25) is 10.0 Å². The van der Waals surface area contributed by atoms with E-state index in [0.29, 0.717) is 0 Å². The van der Waals surface area contributed by atoms with Crippen LogP contribution in [0.15, 0.2) is 65.6 Å². The second-order valence-electron chi connectivity index (χ2n) is 5.67. The number of fused-ring (bicyclic) bond motifs is 1. The smallest absolute Gasteiger partial charge is 0.326 e. The minimum absolute atomic E-state index is 0.0288. The molecule has 0 heterocycles. The Morgan fingerprint density at radius 3 is 2.41 bits per heavy atom. The second kappa shape index (κ2) is 7.76. The Morgan fingerprint density at radius 2 is 1.70 bits per heavy atom. The van der Waals surface area contributed by atoms with Crippen LogP contribution in [0.3, 0.4) is 0 Å². The van der Waals surface area contributed by atoms with E-state index in [2.05, 4.69) is 4.74 Å². The van der Waals surface area contributed by atoms with Crippen molar-refractivity contribution in [3.63, 3.8) is 0 Å². The maximum absolute atomic E-state index is 13.3. The zero-order valence-corrected chi connectivity index (χ0v) is 16.6. The summed E-state index contributed by atoms with van der Waals surface area (Å²) in [6.07, 6.45) is 0. The molecule has 0 radical (unpaired) electrons. The Balaban J connectivity index is 2.16. The van der Waals surface area contributed by atoms with Crippen molar-refractivity contribution in [1.82, 2.24) is 0 Å². The topological polar surface area (TPSA) is 63.7 Å². The molecule has 0 aliphatic rings. The van der Waals surface area contributed by atoms with Crippen LogP contribution < -0.4 is 4.31 Å². The molecular weight excluding hydrogens is 409 g/mol. The van der Waals surface area contributed by atoms with Gasteiger partial charge >= 0.3 is 5.97 Å². The maximum Gasteiger partial charge on any atom is 0.326 e. The number of halogens is 2. The van der Waals surface area contributed by atoms with Crippen LogP contribution in [-0.2, 0) is 19.6 Å². The molecule has 0 spiro atoms. The molecule has 3 aromatic rings. The van der Waals surface area contributed by atoms with Gasteiger partial charge in [0.25, 0.3) is 10.0 Å². The van der Waals surface area contributed by atoms with Gasteiger partial charge in [0.1, 0.15) is 6.54 Å². The molecule has 0 unspecified atom stereocenters. The van der Waals surface area contributed by atoms with E-state index in [4.69, 9.17) is 23.2 Å². The number of ether oxygens (including phenoxy) is 1. The number of carbonyl (C=O) groups is 1. The molecule has 0 saturated heterocycles. The minimum Gasteiger partial charge on any atom is -0.468 e. The van der Waals surface area contributed by atoms with Gasteiger partial charge in [-0.3, -0.25) is 9.10 Å². The van der Waals surface area contributed by atoms with Crippen molar-refractivity contribution in [3.05, 3.63) is 70.7 Å². The van der Waals surface area contributed by atoms with Crippen molar-refractivity contribution in [1.29, 1.82) is 0 Å². The Hall–Kier alpha value is -2.28. The maximum atomic E-state index is 13.3. The van der Waals surface area contributed by atoms with Gasteiger partial charge in [-0.2, -0.15) is 0 Å². The highest BCUT2D eigenvalue weighted by Gasteiger charge is 2.29. The van der Waals surface area contributed by atoms with Crippen molar-refractivity contribution in [2.75, 3.05) is 18.0 Å². The van der Waals surface area contributed by atoms with E-state index in [-0.39, 0.29) is 20.6 Å². The van der Waals surface area contributed by atoms with Crippen LogP contribution in [0.1, 0.15) is 0 Å². The summed E-state index contributed by atoms with van der Waals surface area (Å²) in [5.41, 5.74) is 0.0997. The molecule has 3 rings (SSSR count). The lowest BCUT2D eigenvalue weighted by Crippen LogP contribution is -2.36. The average Bonchev–Trinajstić information content (AvgIpc) is 2.67. The fourth-order valence-corrected chi connectivity index (χ4v) is 4.53. The van der Waals surface area contributed by atoms with Crippen LogP contribution in [0.25, 0.3) is 10.8 Å². The Kier molecular flexibility index (Phi) is 5.60. The summed E-state index contributed by atoms with van der Waals surface area (Å²) >= 11 is 12.2. The number of methoxy groups -OCH3 is 1. The van der Waals surface area contributed by atoms with Gasteiger partial charge in [0, 0.05) is 0 Å². The minimum atomic E-state index is -4.10. The predicted molar refractivity (Wildman–Crippen MR) is 107 cm³/mol. The summed E-state index contributed by atoms with van der Waals surface area (Å²) in [4.78, 5) is 11.9. The van der Waals surface area contributed by atoms with E-state index < -0.39 is 22.5 Å². The fraction of sp³-hybridized carbons (Fsp3) is 0.105.